The summed E-state index contributed by atoms with van der Waals surface area (Å²) in [7, 11) is 0. The Balaban J connectivity index is 1.72. The van der Waals surface area contributed by atoms with Crippen LogP contribution in [0.15, 0.2) is 24.3 Å². The van der Waals surface area contributed by atoms with E-state index in [4.69, 9.17) is 11.6 Å². The molecule has 3 rings (SSSR count). The number of carbonyl (C=O) groups is 3. The van der Waals surface area contributed by atoms with Crippen LogP contribution in [0.3, 0.4) is 0 Å². The molecule has 1 aromatic heterocycles. The van der Waals surface area contributed by atoms with Gasteiger partial charge in [-0.15, -0.1) is 0 Å². The van der Waals surface area contributed by atoms with Crippen molar-refractivity contribution in [2.24, 2.45) is 11.3 Å². The summed E-state index contributed by atoms with van der Waals surface area (Å²) in [5, 5.41) is 16.4. The van der Waals surface area contributed by atoms with E-state index >= 15 is 0 Å². The molecular weight excluding hydrogens is 428 g/mol. The lowest BCUT2D eigenvalue weighted by molar-refractivity contribution is -0.125. The van der Waals surface area contributed by atoms with Gasteiger partial charge in [-0.2, -0.15) is 5.26 Å². The van der Waals surface area contributed by atoms with Crippen molar-refractivity contribution in [3.63, 3.8) is 0 Å². The number of hydrogen-bond acceptors (Lipinski definition) is 4. The van der Waals surface area contributed by atoms with Gasteiger partial charge in [0.1, 0.15) is 23.6 Å². The Kier molecular flexibility index (Phi) is 7.25. The summed E-state index contributed by atoms with van der Waals surface area (Å²) in [5.74, 6) is -0.877. The Morgan fingerprint density at radius 2 is 2.03 bits per heavy atom. The lowest BCUT2D eigenvalue weighted by atomic mass is 9.87. The first kappa shape index (κ1) is 23.8. The first-order valence-corrected chi connectivity index (χ1v) is 11.3. The van der Waals surface area contributed by atoms with Gasteiger partial charge in [0.15, 0.2) is 0 Å². The molecule has 0 aliphatic heterocycles. The maximum atomic E-state index is 13.0. The average molecular weight is 457 g/mol. The van der Waals surface area contributed by atoms with Crippen LogP contribution in [0.2, 0.25) is 5.02 Å². The minimum atomic E-state index is -0.826. The predicted molar refractivity (Wildman–Crippen MR) is 123 cm³/mol. The summed E-state index contributed by atoms with van der Waals surface area (Å²) in [6.07, 6.45) is 2.81. The number of H-pyrrole nitrogens is 1. The van der Waals surface area contributed by atoms with Crippen LogP contribution in [0.25, 0.3) is 10.9 Å². The van der Waals surface area contributed by atoms with Gasteiger partial charge >= 0.3 is 0 Å². The minimum absolute atomic E-state index is 0.151. The van der Waals surface area contributed by atoms with E-state index in [0.29, 0.717) is 30.0 Å². The number of benzene rings is 1. The number of nitrogens with one attached hydrogen (secondary N) is 3. The Morgan fingerprint density at radius 3 is 2.66 bits per heavy atom. The molecule has 1 saturated carbocycles. The number of nitriles is 1. The van der Waals surface area contributed by atoms with Gasteiger partial charge in [-0.3, -0.25) is 14.4 Å². The highest BCUT2D eigenvalue weighted by atomic mass is 35.5. The van der Waals surface area contributed by atoms with E-state index in [1.54, 1.807) is 18.2 Å². The second kappa shape index (κ2) is 9.74. The molecule has 2 aromatic rings. The van der Waals surface area contributed by atoms with E-state index in [1.807, 2.05) is 26.8 Å². The summed E-state index contributed by atoms with van der Waals surface area (Å²) >= 11 is 6.02. The maximum Gasteiger partial charge on any atom is 0.268 e. The number of Topliss-reactive ketones (excluding diaryl/α,β-unsaturated/α-hetero) is 1. The zero-order chi connectivity index (χ0) is 23.5. The zero-order valence-electron chi connectivity index (χ0n) is 18.6. The third-order valence-electron chi connectivity index (χ3n) is 5.69. The molecule has 3 atom stereocenters. The molecule has 1 aliphatic rings. The van der Waals surface area contributed by atoms with Crippen LogP contribution in [0.1, 0.15) is 63.4 Å². The topological polar surface area (TPSA) is 115 Å². The highest BCUT2D eigenvalue weighted by Crippen LogP contribution is 2.26. The van der Waals surface area contributed by atoms with Gasteiger partial charge in [0, 0.05) is 28.3 Å². The van der Waals surface area contributed by atoms with E-state index in [2.05, 4.69) is 21.7 Å². The second-order valence-corrected chi connectivity index (χ2v) is 10.1. The highest BCUT2D eigenvalue weighted by molar-refractivity contribution is 6.31. The summed E-state index contributed by atoms with van der Waals surface area (Å²) < 4.78 is 0. The second-order valence-electron chi connectivity index (χ2n) is 9.69. The predicted octanol–water partition coefficient (Wildman–Crippen LogP) is 4.12. The zero-order valence-corrected chi connectivity index (χ0v) is 19.4. The molecule has 0 saturated heterocycles. The van der Waals surface area contributed by atoms with E-state index in [0.717, 1.165) is 23.7 Å². The molecule has 3 unspecified atom stereocenters. The number of amides is 2. The Labute approximate surface area is 192 Å². The fourth-order valence-electron chi connectivity index (χ4n) is 4.12. The number of aromatic amines is 1. The summed E-state index contributed by atoms with van der Waals surface area (Å²) in [6.45, 7) is 5.93. The number of fused-ring (bicyclic) bond motifs is 1. The molecule has 7 nitrogen and oxygen atoms in total. The van der Waals surface area contributed by atoms with Crippen molar-refractivity contribution in [1.82, 2.24) is 15.6 Å². The average Bonchev–Trinajstić information content (AvgIpc) is 3.31. The molecule has 1 aliphatic carbocycles. The number of hydrogen-bond donors (Lipinski definition) is 3. The lowest BCUT2D eigenvalue weighted by Crippen LogP contribution is -2.51. The molecule has 0 radical (unpaired) electrons. The molecule has 32 heavy (non-hydrogen) atoms. The molecular formula is C24H29ClN4O3. The van der Waals surface area contributed by atoms with E-state index in [9.17, 15) is 19.6 Å². The van der Waals surface area contributed by atoms with Crippen LogP contribution in [0.5, 0.6) is 0 Å². The van der Waals surface area contributed by atoms with Crippen LogP contribution in [0.4, 0.5) is 0 Å². The summed E-state index contributed by atoms with van der Waals surface area (Å²) in [6, 6.07) is 7.48. The molecule has 2 amide bonds. The number of rotatable bonds is 7. The quantitative estimate of drug-likeness (QED) is 0.581. The molecule has 1 fully saturated rings. The van der Waals surface area contributed by atoms with Gasteiger partial charge in [0.25, 0.3) is 5.91 Å². The first-order chi connectivity index (χ1) is 15.1. The van der Waals surface area contributed by atoms with Crippen LogP contribution in [-0.4, -0.2) is 34.7 Å². The molecule has 1 aromatic carbocycles. The molecule has 0 bridgehead atoms. The van der Waals surface area contributed by atoms with Gasteiger partial charge in [0.05, 0.1) is 6.07 Å². The monoisotopic (exact) mass is 456 g/mol. The van der Waals surface area contributed by atoms with Crippen molar-refractivity contribution in [2.75, 3.05) is 0 Å². The van der Waals surface area contributed by atoms with Crippen molar-refractivity contribution < 1.29 is 14.4 Å². The fraction of sp³-hybridized carbons (Fsp3) is 0.500. The Bertz CT molecular complexity index is 1060. The maximum absolute atomic E-state index is 13.0. The number of carbonyl (C=O) groups excluding carboxylic acids is 3. The van der Waals surface area contributed by atoms with Crippen LogP contribution in [0, 0.1) is 22.7 Å². The van der Waals surface area contributed by atoms with E-state index in [-0.39, 0.29) is 17.1 Å². The fourth-order valence-corrected chi connectivity index (χ4v) is 4.29. The van der Waals surface area contributed by atoms with Gasteiger partial charge in [-0.1, -0.05) is 38.4 Å². The summed E-state index contributed by atoms with van der Waals surface area (Å²) in [5.41, 5.74) is 0.805. The van der Waals surface area contributed by atoms with Gasteiger partial charge < -0.3 is 15.6 Å². The Morgan fingerprint density at radius 1 is 1.28 bits per heavy atom. The van der Waals surface area contributed by atoms with Gasteiger partial charge in [-0.05, 0) is 49.3 Å². The van der Waals surface area contributed by atoms with Crippen molar-refractivity contribution in [2.45, 2.75) is 65.0 Å². The normalized spacial score (nSPS) is 18.2. The molecule has 1 heterocycles. The van der Waals surface area contributed by atoms with Crippen molar-refractivity contribution in [3.05, 3.63) is 35.0 Å². The first-order valence-electron chi connectivity index (χ1n) is 10.9. The SMILES string of the molecule is CC(C)(C)CC(NC(=O)c1cc2ccc(Cl)cc2[nH]1)C(=O)NC(C#N)CC1CCCC1=O. The van der Waals surface area contributed by atoms with Crippen LogP contribution < -0.4 is 10.6 Å². The smallest absolute Gasteiger partial charge is 0.268 e. The van der Waals surface area contributed by atoms with Crippen molar-refractivity contribution in [1.29, 1.82) is 5.26 Å². The number of halogens is 1. The third-order valence-corrected chi connectivity index (χ3v) is 5.93. The largest absolute Gasteiger partial charge is 0.350 e. The van der Waals surface area contributed by atoms with Gasteiger partial charge in [-0.25, -0.2) is 0 Å². The summed E-state index contributed by atoms with van der Waals surface area (Å²) in [4.78, 5) is 40.9. The molecule has 0 spiro atoms. The number of aromatic nitrogens is 1. The third kappa shape index (κ3) is 6.10. The highest BCUT2D eigenvalue weighted by Gasteiger charge is 2.31. The molecule has 170 valence electrons. The number of ketones is 1. The van der Waals surface area contributed by atoms with E-state index in [1.165, 1.54) is 0 Å². The van der Waals surface area contributed by atoms with E-state index < -0.39 is 23.9 Å². The molecule has 8 heteroatoms. The van der Waals surface area contributed by atoms with Crippen molar-refractivity contribution in [3.8, 4) is 6.07 Å². The standard InChI is InChI=1S/C24H29ClN4O3/c1-24(2,3)12-20(23(32)27-17(13-26)9-15-5-4-6-21(15)30)29-22(31)19-10-14-7-8-16(25)11-18(14)28-19/h7-8,10-11,15,17,20,28H,4-6,9,12H2,1-3H3,(H,27,32)(H,29,31). The van der Waals surface area contributed by atoms with Crippen molar-refractivity contribution >= 4 is 40.1 Å². The Hall–Kier alpha value is -2.85. The minimum Gasteiger partial charge on any atom is -0.350 e. The lowest BCUT2D eigenvalue weighted by Gasteiger charge is -2.27. The molecule has 3 N–H and O–H groups in total. The van der Waals surface area contributed by atoms with Gasteiger partial charge in [0.2, 0.25) is 5.91 Å². The van der Waals surface area contributed by atoms with Crippen LogP contribution >= 0.6 is 11.6 Å². The number of nitrogens with zero attached hydrogens (tertiary/aromatic N) is 1. The van der Waals surface area contributed by atoms with Crippen LogP contribution in [-0.2, 0) is 9.59 Å².